The van der Waals surface area contributed by atoms with Crippen molar-refractivity contribution in [2.45, 2.75) is 19.9 Å². The molecule has 1 aliphatic heterocycles. The zero-order valence-electron chi connectivity index (χ0n) is 10.9. The van der Waals surface area contributed by atoms with Gasteiger partial charge in [-0.3, -0.25) is 0 Å². The highest BCUT2D eigenvalue weighted by Gasteiger charge is 2.20. The lowest BCUT2D eigenvalue weighted by Crippen LogP contribution is -2.28. The van der Waals surface area contributed by atoms with E-state index in [0.29, 0.717) is 0 Å². The second-order valence-electron chi connectivity index (χ2n) is 4.61. The Morgan fingerprint density at radius 2 is 2.26 bits per heavy atom. The molecule has 3 heterocycles. The molecule has 2 aromatic heterocycles. The summed E-state index contributed by atoms with van der Waals surface area (Å²) in [7, 11) is 2.06. The van der Waals surface area contributed by atoms with Crippen LogP contribution < -0.4 is 10.2 Å². The van der Waals surface area contributed by atoms with Crippen LogP contribution >= 0.6 is 27.3 Å². The fraction of sp³-hybridized carbons (Fsp3) is 0.385. The van der Waals surface area contributed by atoms with Crippen LogP contribution in [0.25, 0.3) is 0 Å². The number of nitrogens with one attached hydrogen (secondary N) is 1. The number of thiophene rings is 1. The Kier molecular flexibility index (Phi) is 3.56. The van der Waals surface area contributed by atoms with E-state index in [-0.39, 0.29) is 0 Å². The number of fused-ring (bicyclic) bond motifs is 1. The van der Waals surface area contributed by atoms with E-state index in [1.54, 1.807) is 11.3 Å². The molecule has 0 fully saturated rings. The molecule has 1 aliphatic rings. The monoisotopic (exact) mass is 338 g/mol. The summed E-state index contributed by atoms with van der Waals surface area (Å²) >= 11 is 5.21. The highest BCUT2D eigenvalue weighted by atomic mass is 79.9. The van der Waals surface area contributed by atoms with Crippen LogP contribution in [-0.2, 0) is 13.0 Å². The van der Waals surface area contributed by atoms with Gasteiger partial charge in [0.05, 0.1) is 10.7 Å². The van der Waals surface area contributed by atoms with Gasteiger partial charge in [0.1, 0.15) is 11.6 Å². The third-order valence-corrected chi connectivity index (χ3v) is 4.99. The maximum Gasteiger partial charge on any atom is 0.141 e. The molecule has 6 heteroatoms. The van der Waals surface area contributed by atoms with E-state index in [9.17, 15) is 0 Å². The minimum Gasteiger partial charge on any atom is -0.321 e. The van der Waals surface area contributed by atoms with Gasteiger partial charge in [-0.2, -0.15) is 0 Å². The second kappa shape index (κ2) is 5.19. The summed E-state index contributed by atoms with van der Waals surface area (Å²) in [4.78, 5) is 11.4. The van der Waals surface area contributed by atoms with Crippen molar-refractivity contribution in [2.24, 2.45) is 0 Å². The van der Waals surface area contributed by atoms with E-state index in [4.69, 9.17) is 0 Å². The van der Waals surface area contributed by atoms with Crippen molar-refractivity contribution in [3.63, 3.8) is 0 Å². The van der Waals surface area contributed by atoms with Crippen LogP contribution in [0.1, 0.15) is 17.1 Å². The maximum absolute atomic E-state index is 4.64. The zero-order chi connectivity index (χ0) is 13.4. The molecule has 4 nitrogen and oxygen atoms in total. The second-order valence-corrected chi connectivity index (χ2v) is 6.41. The van der Waals surface area contributed by atoms with Crippen LogP contribution in [0.5, 0.6) is 0 Å². The Balaban J connectivity index is 2.06. The quantitative estimate of drug-likeness (QED) is 0.913. The van der Waals surface area contributed by atoms with Crippen molar-refractivity contribution in [3.8, 4) is 0 Å². The van der Waals surface area contributed by atoms with Gasteiger partial charge in [-0.1, -0.05) is 0 Å². The van der Waals surface area contributed by atoms with Crippen molar-refractivity contribution in [2.75, 3.05) is 18.5 Å². The maximum atomic E-state index is 4.64. The molecule has 0 aromatic carbocycles. The summed E-state index contributed by atoms with van der Waals surface area (Å²) in [6.07, 6.45) is 0.980. The van der Waals surface area contributed by atoms with Gasteiger partial charge < -0.3 is 10.2 Å². The number of halogens is 1. The smallest absolute Gasteiger partial charge is 0.141 e. The van der Waals surface area contributed by atoms with E-state index in [2.05, 4.69) is 54.6 Å². The number of rotatable bonds is 2. The fourth-order valence-corrected chi connectivity index (χ4v) is 3.70. The Morgan fingerprint density at radius 1 is 1.42 bits per heavy atom. The first-order valence-electron chi connectivity index (χ1n) is 6.20. The van der Waals surface area contributed by atoms with Crippen LogP contribution in [0, 0.1) is 6.92 Å². The third-order valence-electron chi connectivity index (χ3n) is 3.22. The molecule has 0 saturated heterocycles. The molecule has 0 amide bonds. The Labute approximate surface area is 125 Å². The van der Waals surface area contributed by atoms with Crippen LogP contribution in [0.4, 0.5) is 10.8 Å². The third kappa shape index (κ3) is 2.52. The van der Waals surface area contributed by atoms with Crippen LogP contribution in [0.2, 0.25) is 0 Å². The van der Waals surface area contributed by atoms with Crippen molar-refractivity contribution in [1.82, 2.24) is 15.3 Å². The minimum absolute atomic E-state index is 0.845. The van der Waals surface area contributed by atoms with Gasteiger partial charge in [0.2, 0.25) is 0 Å². The van der Waals surface area contributed by atoms with Gasteiger partial charge in [-0.15, -0.1) is 11.3 Å². The van der Waals surface area contributed by atoms with Crippen molar-refractivity contribution in [1.29, 1.82) is 0 Å². The molecule has 0 spiro atoms. The van der Waals surface area contributed by atoms with Gasteiger partial charge >= 0.3 is 0 Å². The Bertz CT molecular complexity index is 611. The van der Waals surface area contributed by atoms with E-state index >= 15 is 0 Å². The number of aryl methyl sites for hydroxylation is 1. The molecule has 19 heavy (non-hydrogen) atoms. The van der Waals surface area contributed by atoms with Gasteiger partial charge in [-0.25, -0.2) is 9.97 Å². The predicted molar refractivity (Wildman–Crippen MR) is 82.3 cm³/mol. The zero-order valence-corrected chi connectivity index (χ0v) is 13.3. The highest BCUT2D eigenvalue weighted by molar-refractivity contribution is 9.10. The van der Waals surface area contributed by atoms with Crippen molar-refractivity contribution < 1.29 is 0 Å². The summed E-state index contributed by atoms with van der Waals surface area (Å²) in [5.41, 5.74) is 2.41. The lowest BCUT2D eigenvalue weighted by molar-refractivity contribution is 0.623. The van der Waals surface area contributed by atoms with E-state index in [1.165, 1.54) is 16.3 Å². The molecule has 0 radical (unpaired) electrons. The fourth-order valence-electron chi connectivity index (χ4n) is 2.31. The first kappa shape index (κ1) is 13.0. The molecule has 3 rings (SSSR count). The molecule has 0 atom stereocenters. The Morgan fingerprint density at radius 3 is 3.00 bits per heavy atom. The molecule has 0 aliphatic carbocycles. The van der Waals surface area contributed by atoms with Crippen LogP contribution in [-0.4, -0.2) is 23.6 Å². The number of nitrogens with zero attached hydrogens (tertiary/aromatic N) is 3. The average Bonchev–Trinajstić information content (AvgIpc) is 2.83. The molecule has 0 unspecified atom stereocenters. The molecule has 2 aromatic rings. The van der Waals surface area contributed by atoms with Crippen molar-refractivity contribution >= 4 is 38.1 Å². The number of aromatic nitrogens is 2. The summed E-state index contributed by atoms with van der Waals surface area (Å²) in [5, 5.41) is 6.67. The number of hydrogen-bond acceptors (Lipinski definition) is 5. The summed E-state index contributed by atoms with van der Waals surface area (Å²) < 4.78 is 1.11. The predicted octanol–water partition coefficient (Wildman–Crippen LogP) is 3.02. The first-order chi connectivity index (χ1) is 9.15. The molecule has 100 valence electrons. The topological polar surface area (TPSA) is 41.1 Å². The van der Waals surface area contributed by atoms with E-state index in [1.807, 2.05) is 6.92 Å². The van der Waals surface area contributed by atoms with Crippen LogP contribution in [0.15, 0.2) is 15.9 Å². The van der Waals surface area contributed by atoms with Gasteiger partial charge in [0.15, 0.2) is 0 Å². The van der Waals surface area contributed by atoms with E-state index < -0.39 is 0 Å². The van der Waals surface area contributed by atoms with Gasteiger partial charge in [0, 0.05) is 42.0 Å². The van der Waals surface area contributed by atoms with Crippen LogP contribution in [0.3, 0.4) is 0 Å². The summed E-state index contributed by atoms with van der Waals surface area (Å²) in [6.45, 7) is 3.81. The van der Waals surface area contributed by atoms with E-state index in [0.717, 1.165) is 35.6 Å². The largest absolute Gasteiger partial charge is 0.321 e. The minimum atomic E-state index is 0.845. The van der Waals surface area contributed by atoms with Gasteiger partial charge in [-0.05, 0) is 28.9 Å². The summed E-state index contributed by atoms with van der Waals surface area (Å²) in [6, 6.07) is 2.12. The number of hydrogen-bond donors (Lipinski definition) is 1. The first-order valence-corrected chi connectivity index (χ1v) is 7.87. The van der Waals surface area contributed by atoms with Gasteiger partial charge in [0.25, 0.3) is 0 Å². The SMILES string of the molecule is Cc1nc2c(c(N(C)c3cc(Br)cs3)n1)CNCC2. The Hall–Kier alpha value is -0.980. The normalized spacial score (nSPS) is 14.3. The standard InChI is InChI=1S/C13H15BrN4S/c1-8-16-11-3-4-15-6-10(11)13(17-8)18(2)12-5-9(14)7-19-12/h5,7,15H,3-4,6H2,1-2H3. The molecular weight excluding hydrogens is 324 g/mol. The molecule has 1 N–H and O–H groups in total. The summed E-state index contributed by atoms with van der Waals surface area (Å²) in [5.74, 6) is 1.86. The molecule has 0 bridgehead atoms. The molecular formula is C13H15BrN4S. The highest BCUT2D eigenvalue weighted by Crippen LogP contribution is 2.34. The van der Waals surface area contributed by atoms with Crippen molar-refractivity contribution in [3.05, 3.63) is 33.0 Å². The lowest BCUT2D eigenvalue weighted by atomic mass is 10.1. The average molecular weight is 339 g/mol. The number of anilines is 2. The lowest BCUT2D eigenvalue weighted by Gasteiger charge is -2.24. The molecule has 0 saturated carbocycles.